The van der Waals surface area contributed by atoms with Gasteiger partial charge in [0.1, 0.15) is 11.2 Å². The van der Waals surface area contributed by atoms with Crippen molar-refractivity contribution < 1.29 is 19.1 Å². The van der Waals surface area contributed by atoms with E-state index in [-0.39, 0.29) is 12.5 Å². The molecule has 0 spiro atoms. The minimum Gasteiger partial charge on any atom is -0.459 e. The van der Waals surface area contributed by atoms with Crippen molar-refractivity contribution in [2.24, 2.45) is 0 Å². The minimum absolute atomic E-state index is 0.205. The molecule has 0 aromatic carbocycles. The molecule has 0 aliphatic rings. The Morgan fingerprint density at radius 1 is 0.857 bits per heavy atom. The number of ether oxygens (including phenoxy) is 2. The second kappa shape index (κ2) is 8.87. The van der Waals surface area contributed by atoms with Crippen molar-refractivity contribution in [1.82, 2.24) is 10.6 Å². The number of rotatable bonds is 7. The highest BCUT2D eigenvalue weighted by molar-refractivity contribution is 5.72. The summed E-state index contributed by atoms with van der Waals surface area (Å²) >= 11 is 0. The number of nitrogens with one attached hydrogen (secondary N) is 2. The van der Waals surface area contributed by atoms with Gasteiger partial charge in [0, 0.05) is 6.54 Å². The van der Waals surface area contributed by atoms with Crippen LogP contribution in [0.25, 0.3) is 0 Å². The summed E-state index contributed by atoms with van der Waals surface area (Å²) in [4.78, 5) is 22.8. The Labute approximate surface area is 127 Å². The van der Waals surface area contributed by atoms with Crippen LogP contribution in [0.5, 0.6) is 0 Å². The number of alkyl carbamates (subject to hydrolysis) is 1. The van der Waals surface area contributed by atoms with E-state index in [0.29, 0.717) is 13.1 Å². The first-order chi connectivity index (χ1) is 9.49. The summed E-state index contributed by atoms with van der Waals surface area (Å²) < 4.78 is 10.3. The number of amides is 1. The van der Waals surface area contributed by atoms with E-state index in [0.717, 1.165) is 12.8 Å². The molecule has 6 heteroatoms. The van der Waals surface area contributed by atoms with E-state index >= 15 is 0 Å². The van der Waals surface area contributed by atoms with E-state index in [1.807, 2.05) is 41.5 Å². The monoisotopic (exact) mass is 302 g/mol. The summed E-state index contributed by atoms with van der Waals surface area (Å²) in [6.45, 7) is 12.5. The van der Waals surface area contributed by atoms with Gasteiger partial charge in [0.25, 0.3) is 0 Å². The van der Waals surface area contributed by atoms with Crippen LogP contribution in [-0.2, 0) is 14.3 Å². The zero-order valence-electron chi connectivity index (χ0n) is 14.2. The average Bonchev–Trinajstić information content (AvgIpc) is 2.22. The Balaban J connectivity index is 3.49. The maximum atomic E-state index is 11.4. The van der Waals surface area contributed by atoms with Gasteiger partial charge in [-0.2, -0.15) is 0 Å². The maximum Gasteiger partial charge on any atom is 0.407 e. The molecule has 0 aromatic heterocycles. The van der Waals surface area contributed by atoms with Crippen LogP contribution in [0, 0.1) is 0 Å². The number of carbonyl (C=O) groups is 2. The third-order valence-corrected chi connectivity index (χ3v) is 2.14. The summed E-state index contributed by atoms with van der Waals surface area (Å²) in [6.07, 6.45) is 1.28. The molecule has 0 aliphatic heterocycles. The predicted molar refractivity (Wildman–Crippen MR) is 82.2 cm³/mol. The quantitative estimate of drug-likeness (QED) is 0.557. The van der Waals surface area contributed by atoms with E-state index in [1.54, 1.807) is 0 Å². The Hall–Kier alpha value is -1.30. The molecule has 124 valence electrons. The van der Waals surface area contributed by atoms with Crippen molar-refractivity contribution in [3.8, 4) is 0 Å². The number of hydrogen-bond donors (Lipinski definition) is 2. The van der Waals surface area contributed by atoms with Crippen molar-refractivity contribution in [1.29, 1.82) is 0 Å². The second-order valence-corrected chi connectivity index (χ2v) is 6.90. The van der Waals surface area contributed by atoms with Gasteiger partial charge < -0.3 is 20.1 Å². The molecule has 0 unspecified atom stereocenters. The summed E-state index contributed by atoms with van der Waals surface area (Å²) in [6, 6.07) is 0. The Bertz CT molecular complexity index is 298. The van der Waals surface area contributed by atoms with E-state index < -0.39 is 17.3 Å². The van der Waals surface area contributed by atoms with Crippen LogP contribution >= 0.6 is 0 Å². The number of carbonyl (C=O) groups excluding carboxylic acids is 2. The van der Waals surface area contributed by atoms with Gasteiger partial charge in [-0.1, -0.05) is 0 Å². The van der Waals surface area contributed by atoms with Crippen LogP contribution in [0.2, 0.25) is 0 Å². The molecular weight excluding hydrogens is 272 g/mol. The average molecular weight is 302 g/mol. The van der Waals surface area contributed by atoms with Crippen LogP contribution in [-0.4, -0.2) is 42.9 Å². The lowest BCUT2D eigenvalue weighted by molar-refractivity contribution is -0.153. The normalized spacial score (nSPS) is 11.9. The zero-order valence-corrected chi connectivity index (χ0v) is 14.2. The number of hydrogen-bond acceptors (Lipinski definition) is 5. The summed E-state index contributed by atoms with van der Waals surface area (Å²) in [5.41, 5.74) is -0.921. The second-order valence-electron chi connectivity index (χ2n) is 6.90. The van der Waals surface area contributed by atoms with Crippen molar-refractivity contribution in [3.05, 3.63) is 0 Å². The Morgan fingerprint density at radius 3 is 1.90 bits per heavy atom. The Kier molecular flexibility index (Phi) is 8.32. The smallest absolute Gasteiger partial charge is 0.407 e. The van der Waals surface area contributed by atoms with Crippen molar-refractivity contribution in [3.63, 3.8) is 0 Å². The summed E-state index contributed by atoms with van der Waals surface area (Å²) in [5, 5.41) is 5.71. The Morgan fingerprint density at radius 2 is 1.38 bits per heavy atom. The van der Waals surface area contributed by atoms with Crippen LogP contribution in [0.1, 0.15) is 54.4 Å². The van der Waals surface area contributed by atoms with Gasteiger partial charge in [-0.15, -0.1) is 0 Å². The van der Waals surface area contributed by atoms with Crippen LogP contribution in [0.3, 0.4) is 0 Å². The highest BCUT2D eigenvalue weighted by Gasteiger charge is 2.16. The van der Waals surface area contributed by atoms with Gasteiger partial charge in [0.05, 0.1) is 6.54 Å². The largest absolute Gasteiger partial charge is 0.459 e. The van der Waals surface area contributed by atoms with Crippen molar-refractivity contribution >= 4 is 12.1 Å². The molecule has 0 saturated heterocycles. The summed E-state index contributed by atoms with van der Waals surface area (Å²) in [7, 11) is 0. The van der Waals surface area contributed by atoms with Gasteiger partial charge in [0.15, 0.2) is 0 Å². The van der Waals surface area contributed by atoms with Gasteiger partial charge >= 0.3 is 12.1 Å². The first-order valence-electron chi connectivity index (χ1n) is 7.39. The van der Waals surface area contributed by atoms with Gasteiger partial charge in [-0.3, -0.25) is 4.79 Å². The fourth-order valence-corrected chi connectivity index (χ4v) is 1.45. The van der Waals surface area contributed by atoms with E-state index in [4.69, 9.17) is 9.47 Å². The lowest BCUT2D eigenvalue weighted by Crippen LogP contribution is -2.33. The molecule has 0 fully saturated rings. The van der Waals surface area contributed by atoms with Crippen molar-refractivity contribution in [2.75, 3.05) is 19.6 Å². The van der Waals surface area contributed by atoms with Gasteiger partial charge in [-0.25, -0.2) is 4.79 Å². The van der Waals surface area contributed by atoms with Gasteiger partial charge in [-0.05, 0) is 60.9 Å². The fourth-order valence-electron chi connectivity index (χ4n) is 1.45. The zero-order chi connectivity index (χ0) is 16.5. The first kappa shape index (κ1) is 19.7. The van der Waals surface area contributed by atoms with Crippen LogP contribution in [0.15, 0.2) is 0 Å². The lowest BCUT2D eigenvalue weighted by atomic mass is 10.2. The van der Waals surface area contributed by atoms with Crippen molar-refractivity contribution in [2.45, 2.75) is 65.6 Å². The third-order valence-electron chi connectivity index (χ3n) is 2.14. The molecule has 0 heterocycles. The van der Waals surface area contributed by atoms with Crippen LogP contribution < -0.4 is 10.6 Å². The standard InChI is InChI=1S/C15H30N2O4/c1-14(2,3)20-12(18)11-16-9-7-8-10-17-13(19)21-15(4,5)6/h16H,7-11H2,1-6H3,(H,17,19). The highest BCUT2D eigenvalue weighted by atomic mass is 16.6. The SMILES string of the molecule is CC(C)(C)OC(=O)CNCCCCNC(=O)OC(C)(C)C. The summed E-state index contributed by atoms with van der Waals surface area (Å²) in [5.74, 6) is -0.255. The molecule has 0 aliphatic carbocycles. The van der Waals surface area contributed by atoms with E-state index in [2.05, 4.69) is 10.6 Å². The highest BCUT2D eigenvalue weighted by Crippen LogP contribution is 2.07. The molecule has 21 heavy (non-hydrogen) atoms. The molecule has 0 bridgehead atoms. The molecule has 2 N–H and O–H groups in total. The molecule has 0 atom stereocenters. The molecule has 1 amide bonds. The first-order valence-corrected chi connectivity index (χ1v) is 7.39. The van der Waals surface area contributed by atoms with Crippen LogP contribution in [0.4, 0.5) is 4.79 Å². The lowest BCUT2D eigenvalue weighted by Gasteiger charge is -2.20. The minimum atomic E-state index is -0.473. The molecule has 0 saturated carbocycles. The number of unbranched alkanes of at least 4 members (excludes halogenated alkanes) is 1. The molecule has 0 radical (unpaired) electrons. The third kappa shape index (κ3) is 14.9. The topological polar surface area (TPSA) is 76.7 Å². The molecular formula is C15H30N2O4. The fraction of sp³-hybridized carbons (Fsp3) is 0.867. The predicted octanol–water partition coefficient (Wildman–Crippen LogP) is 2.22. The molecule has 0 aromatic rings. The van der Waals surface area contributed by atoms with E-state index in [1.165, 1.54) is 0 Å². The molecule has 0 rings (SSSR count). The van der Waals surface area contributed by atoms with Gasteiger partial charge in [0.2, 0.25) is 0 Å². The maximum absolute atomic E-state index is 11.4. The van der Waals surface area contributed by atoms with E-state index in [9.17, 15) is 9.59 Å². The molecule has 6 nitrogen and oxygen atoms in total. The number of esters is 1.